The van der Waals surface area contributed by atoms with Gasteiger partial charge in [-0.1, -0.05) is 96.6 Å². The predicted octanol–water partition coefficient (Wildman–Crippen LogP) is 8.83. The number of para-hydroxylation sites is 4. The molecule has 0 unspecified atom stereocenters. The summed E-state index contributed by atoms with van der Waals surface area (Å²) in [6.45, 7) is 2.15. The summed E-state index contributed by atoms with van der Waals surface area (Å²) in [5, 5.41) is 1.23. The first-order valence-electron chi connectivity index (χ1n) is 13.0. The van der Waals surface area contributed by atoms with Crippen LogP contribution in [0.4, 0.5) is 11.4 Å². The Labute approximate surface area is 224 Å². The highest BCUT2D eigenvalue weighted by atomic mass is 15.1. The third kappa shape index (κ3) is 4.72. The number of allylic oxidation sites excluding steroid dienone is 6. The van der Waals surface area contributed by atoms with Crippen molar-refractivity contribution in [1.82, 2.24) is 0 Å². The number of fused-ring (bicyclic) bond motifs is 2. The van der Waals surface area contributed by atoms with Gasteiger partial charge in [-0.25, -0.2) is 0 Å². The molecular weight excluding hydrogens is 460 g/mol. The van der Waals surface area contributed by atoms with Crippen LogP contribution >= 0.6 is 0 Å². The van der Waals surface area contributed by atoms with E-state index in [2.05, 4.69) is 174 Å². The maximum atomic E-state index is 2.24. The molecule has 5 aromatic rings. The smallest absolute Gasteiger partial charge is 0.219 e. The average molecular weight is 490 g/mol. The van der Waals surface area contributed by atoms with Gasteiger partial charge < -0.3 is 4.90 Å². The van der Waals surface area contributed by atoms with Gasteiger partial charge in [-0.2, -0.15) is 4.57 Å². The van der Waals surface area contributed by atoms with Gasteiger partial charge >= 0.3 is 0 Å². The van der Waals surface area contributed by atoms with Gasteiger partial charge in [0.25, 0.3) is 0 Å². The van der Waals surface area contributed by atoms with E-state index in [9.17, 15) is 0 Å². The molecular formula is C36H29N2+. The molecule has 0 bridgehead atoms. The Balaban J connectivity index is 1.29. The van der Waals surface area contributed by atoms with Crippen LogP contribution in [0.2, 0.25) is 0 Å². The zero-order valence-electron chi connectivity index (χ0n) is 21.4. The Hall–Kier alpha value is -4.95. The fourth-order valence-corrected chi connectivity index (χ4v) is 4.92. The molecule has 0 atom stereocenters. The van der Waals surface area contributed by atoms with Crippen LogP contribution in [0.1, 0.15) is 18.1 Å². The molecule has 182 valence electrons. The molecule has 0 saturated heterocycles. The van der Waals surface area contributed by atoms with Crippen LogP contribution in [-0.2, 0) is 0 Å². The summed E-state index contributed by atoms with van der Waals surface area (Å²) in [7, 11) is 0. The van der Waals surface area contributed by atoms with Crippen LogP contribution in [0.25, 0.3) is 28.2 Å². The maximum Gasteiger partial charge on any atom is 0.219 e. The van der Waals surface area contributed by atoms with Gasteiger partial charge in [0, 0.05) is 41.7 Å². The Kier molecular flexibility index (Phi) is 6.53. The Morgan fingerprint density at radius 2 is 1.45 bits per heavy atom. The molecule has 6 rings (SSSR count). The molecule has 2 nitrogen and oxygen atoms in total. The van der Waals surface area contributed by atoms with Gasteiger partial charge in [0.05, 0.1) is 11.1 Å². The zero-order valence-corrected chi connectivity index (χ0v) is 21.4. The minimum Gasteiger partial charge on any atom is -0.317 e. The van der Waals surface area contributed by atoms with Crippen molar-refractivity contribution in [3.05, 3.63) is 169 Å². The van der Waals surface area contributed by atoms with E-state index in [0.29, 0.717) is 0 Å². The van der Waals surface area contributed by atoms with Crippen LogP contribution in [0.5, 0.6) is 0 Å². The van der Waals surface area contributed by atoms with Gasteiger partial charge in [-0.3, -0.25) is 0 Å². The number of hydrogen-bond donors (Lipinski definition) is 0. The van der Waals surface area contributed by atoms with Gasteiger partial charge in [-0.05, 0) is 48.4 Å². The van der Waals surface area contributed by atoms with Crippen molar-refractivity contribution in [3.63, 3.8) is 0 Å². The van der Waals surface area contributed by atoms with Crippen LogP contribution in [0.3, 0.4) is 0 Å². The van der Waals surface area contributed by atoms with Gasteiger partial charge in [-0.15, -0.1) is 0 Å². The number of aromatic nitrogens is 1. The molecule has 1 aromatic heterocycles. The minimum atomic E-state index is 1.16. The highest BCUT2D eigenvalue weighted by Crippen LogP contribution is 2.37. The predicted molar refractivity (Wildman–Crippen MR) is 160 cm³/mol. The lowest BCUT2D eigenvalue weighted by molar-refractivity contribution is -0.567. The summed E-state index contributed by atoms with van der Waals surface area (Å²) in [5.74, 6) is 0. The molecule has 1 aliphatic heterocycles. The van der Waals surface area contributed by atoms with Gasteiger partial charge in [0.1, 0.15) is 0 Å². The normalized spacial score (nSPS) is 14.4. The summed E-state index contributed by atoms with van der Waals surface area (Å²) in [6.07, 6.45) is 15.3. The summed E-state index contributed by atoms with van der Waals surface area (Å²) >= 11 is 0. The fraction of sp³-hybridized carbons (Fsp3) is 0.0278. The van der Waals surface area contributed by atoms with Gasteiger partial charge in [0.2, 0.25) is 11.2 Å². The fourth-order valence-electron chi connectivity index (χ4n) is 4.92. The van der Waals surface area contributed by atoms with Crippen molar-refractivity contribution >= 4 is 33.9 Å². The second kappa shape index (κ2) is 10.6. The van der Waals surface area contributed by atoms with Crippen molar-refractivity contribution in [2.75, 3.05) is 4.90 Å². The summed E-state index contributed by atoms with van der Waals surface area (Å²) < 4.78 is 2.24. The number of benzene rings is 4. The standard InChI is InChI=1S/C36H29N2/c1-28(20-22-29-24-26-37(31-12-4-2-5-13-31)35-18-10-8-16-33(29)35)21-23-30-25-27-38(32-14-6-3-7-15-32)36-19-11-9-17-34(30)36/h2-27H,1H3/q+1. The lowest BCUT2D eigenvalue weighted by Crippen LogP contribution is -2.31. The molecule has 0 radical (unpaired) electrons. The van der Waals surface area contributed by atoms with Crippen molar-refractivity contribution in [3.8, 4) is 5.69 Å². The molecule has 2 heterocycles. The zero-order chi connectivity index (χ0) is 25.7. The van der Waals surface area contributed by atoms with Crippen LogP contribution in [-0.4, -0.2) is 0 Å². The second-order valence-electron chi connectivity index (χ2n) is 9.40. The van der Waals surface area contributed by atoms with E-state index >= 15 is 0 Å². The number of anilines is 2. The SMILES string of the molecule is CC(=C/C=C1\C=CN(c2ccccc2)c2ccccc21)/C=C/c1cc[n+](-c2ccccc2)c2ccccc12. The maximum absolute atomic E-state index is 2.24. The summed E-state index contributed by atoms with van der Waals surface area (Å²) in [4.78, 5) is 2.24. The lowest BCUT2D eigenvalue weighted by atomic mass is 9.98. The van der Waals surface area contributed by atoms with E-state index in [-0.39, 0.29) is 0 Å². The van der Waals surface area contributed by atoms with E-state index in [1.54, 1.807) is 0 Å². The van der Waals surface area contributed by atoms with Crippen molar-refractivity contribution < 1.29 is 4.57 Å². The highest BCUT2D eigenvalue weighted by Gasteiger charge is 2.17. The molecule has 2 heteroatoms. The van der Waals surface area contributed by atoms with E-state index in [1.807, 2.05) is 0 Å². The number of hydrogen-bond acceptors (Lipinski definition) is 1. The molecule has 0 N–H and O–H groups in total. The summed E-state index contributed by atoms with van der Waals surface area (Å²) in [6, 6.07) is 40.3. The molecule has 0 fully saturated rings. The number of pyridine rings is 1. The van der Waals surface area contributed by atoms with E-state index in [1.165, 1.54) is 38.9 Å². The summed E-state index contributed by atoms with van der Waals surface area (Å²) in [5.41, 5.74) is 9.53. The third-order valence-corrected chi connectivity index (χ3v) is 6.88. The monoisotopic (exact) mass is 489 g/mol. The molecule has 0 saturated carbocycles. The molecule has 4 aromatic carbocycles. The Bertz CT molecular complexity index is 1710. The van der Waals surface area contributed by atoms with E-state index in [4.69, 9.17) is 0 Å². The first-order valence-corrected chi connectivity index (χ1v) is 13.0. The molecule has 0 spiro atoms. The molecule has 1 aliphatic rings. The van der Waals surface area contributed by atoms with Crippen molar-refractivity contribution in [2.45, 2.75) is 6.92 Å². The van der Waals surface area contributed by atoms with E-state index in [0.717, 1.165) is 11.4 Å². The van der Waals surface area contributed by atoms with Crippen molar-refractivity contribution in [1.29, 1.82) is 0 Å². The third-order valence-electron chi connectivity index (χ3n) is 6.88. The Morgan fingerprint density at radius 1 is 0.737 bits per heavy atom. The quantitative estimate of drug-likeness (QED) is 0.177. The number of nitrogens with zero attached hydrogens (tertiary/aromatic N) is 2. The topological polar surface area (TPSA) is 7.12 Å². The molecule has 0 amide bonds. The first-order chi connectivity index (χ1) is 18.8. The minimum absolute atomic E-state index is 1.16. The highest BCUT2D eigenvalue weighted by molar-refractivity contribution is 5.90. The number of rotatable bonds is 5. The van der Waals surface area contributed by atoms with Crippen LogP contribution < -0.4 is 9.47 Å². The van der Waals surface area contributed by atoms with E-state index < -0.39 is 0 Å². The first kappa shape index (κ1) is 23.4. The van der Waals surface area contributed by atoms with Crippen LogP contribution in [0, 0.1) is 0 Å². The Morgan fingerprint density at radius 3 is 2.29 bits per heavy atom. The molecule has 0 aliphatic carbocycles. The second-order valence-corrected chi connectivity index (χ2v) is 9.40. The van der Waals surface area contributed by atoms with Crippen molar-refractivity contribution in [2.24, 2.45) is 0 Å². The average Bonchev–Trinajstić information content (AvgIpc) is 2.99. The molecule has 38 heavy (non-hydrogen) atoms. The van der Waals surface area contributed by atoms with Crippen LogP contribution in [0.15, 0.2) is 158 Å². The van der Waals surface area contributed by atoms with Gasteiger partial charge in [0.15, 0.2) is 6.20 Å². The lowest BCUT2D eigenvalue weighted by Gasteiger charge is -2.27. The largest absolute Gasteiger partial charge is 0.317 e.